The molecular weight excluding hydrogens is 246 g/mol. The number of para-hydroxylation sites is 1. The zero-order valence-corrected chi connectivity index (χ0v) is 9.53. The third kappa shape index (κ3) is 1.35. The number of pyridine rings is 2. The van der Waals surface area contributed by atoms with Crippen LogP contribution in [0.5, 0.6) is 5.88 Å². The Morgan fingerprint density at radius 3 is 2.74 bits per heavy atom. The second-order valence-corrected chi connectivity index (χ2v) is 3.99. The van der Waals surface area contributed by atoms with E-state index in [1.54, 1.807) is 30.3 Å². The highest BCUT2D eigenvalue weighted by molar-refractivity contribution is 6.09. The maximum Gasteiger partial charge on any atom is 0.304 e. The van der Waals surface area contributed by atoms with E-state index in [0.29, 0.717) is 16.3 Å². The van der Waals surface area contributed by atoms with Crippen LogP contribution in [0.25, 0.3) is 21.7 Å². The van der Waals surface area contributed by atoms with E-state index in [1.807, 2.05) is 0 Å². The number of hydrogen-bond donors (Lipinski definition) is 2. The first-order valence-electron chi connectivity index (χ1n) is 5.40. The normalized spacial score (nSPS) is 10.7. The SMILES string of the molecule is N#Cc1c(=O)n(O)c(O)c2cnc3ccccc3c12. The van der Waals surface area contributed by atoms with Gasteiger partial charge >= 0.3 is 5.56 Å². The molecule has 1 aromatic carbocycles. The molecule has 0 aliphatic heterocycles. The van der Waals surface area contributed by atoms with Crippen LogP contribution in [-0.2, 0) is 0 Å². The first kappa shape index (κ1) is 11.0. The van der Waals surface area contributed by atoms with Crippen molar-refractivity contribution in [1.82, 2.24) is 9.71 Å². The molecule has 2 aromatic heterocycles. The summed E-state index contributed by atoms with van der Waals surface area (Å²) in [7, 11) is 0. The van der Waals surface area contributed by atoms with E-state index in [2.05, 4.69) is 4.98 Å². The molecule has 0 bridgehead atoms. The van der Waals surface area contributed by atoms with E-state index in [-0.39, 0.29) is 15.7 Å². The Labute approximate surface area is 106 Å². The third-order valence-corrected chi connectivity index (χ3v) is 2.99. The summed E-state index contributed by atoms with van der Waals surface area (Å²) in [4.78, 5) is 15.9. The fourth-order valence-corrected chi connectivity index (χ4v) is 2.11. The van der Waals surface area contributed by atoms with E-state index < -0.39 is 11.4 Å². The zero-order chi connectivity index (χ0) is 13.6. The monoisotopic (exact) mass is 253 g/mol. The molecule has 2 N–H and O–H groups in total. The van der Waals surface area contributed by atoms with Gasteiger partial charge in [-0.3, -0.25) is 9.78 Å². The molecule has 0 spiro atoms. The van der Waals surface area contributed by atoms with Gasteiger partial charge in [-0.2, -0.15) is 5.26 Å². The van der Waals surface area contributed by atoms with Gasteiger partial charge in [-0.1, -0.05) is 18.2 Å². The van der Waals surface area contributed by atoms with Gasteiger partial charge in [-0.05, 0) is 6.07 Å². The van der Waals surface area contributed by atoms with Crippen molar-refractivity contribution < 1.29 is 10.3 Å². The minimum atomic E-state index is -0.955. The number of nitriles is 1. The molecule has 6 heteroatoms. The van der Waals surface area contributed by atoms with Crippen molar-refractivity contribution in [3.05, 3.63) is 46.4 Å². The molecule has 0 amide bonds. The molecular formula is C13H7N3O3. The fraction of sp³-hybridized carbons (Fsp3) is 0. The summed E-state index contributed by atoms with van der Waals surface area (Å²) in [6.45, 7) is 0. The third-order valence-electron chi connectivity index (χ3n) is 2.99. The van der Waals surface area contributed by atoms with Crippen molar-refractivity contribution in [2.24, 2.45) is 0 Å². The average Bonchev–Trinajstić information content (AvgIpc) is 2.45. The van der Waals surface area contributed by atoms with Crippen molar-refractivity contribution in [1.29, 1.82) is 5.26 Å². The van der Waals surface area contributed by atoms with Crippen molar-refractivity contribution in [2.75, 3.05) is 0 Å². The van der Waals surface area contributed by atoms with Crippen molar-refractivity contribution in [3.8, 4) is 11.9 Å². The summed E-state index contributed by atoms with van der Waals surface area (Å²) in [5, 5.41) is 29.4. The molecule has 0 aliphatic carbocycles. The van der Waals surface area contributed by atoms with E-state index in [9.17, 15) is 15.1 Å². The molecule has 3 aromatic rings. The Morgan fingerprint density at radius 1 is 1.26 bits per heavy atom. The summed E-state index contributed by atoms with van der Waals surface area (Å²) < 4.78 is 0.0529. The van der Waals surface area contributed by atoms with Crippen LogP contribution in [0.3, 0.4) is 0 Å². The first-order chi connectivity index (χ1) is 9.15. The Morgan fingerprint density at radius 2 is 2.00 bits per heavy atom. The lowest BCUT2D eigenvalue weighted by Crippen LogP contribution is -2.21. The molecule has 92 valence electrons. The van der Waals surface area contributed by atoms with Crippen LogP contribution in [-0.4, -0.2) is 20.0 Å². The number of fused-ring (bicyclic) bond motifs is 3. The van der Waals surface area contributed by atoms with Crippen LogP contribution < -0.4 is 5.56 Å². The number of nitrogens with zero attached hydrogens (tertiary/aromatic N) is 3. The Kier molecular flexibility index (Phi) is 2.16. The summed E-state index contributed by atoms with van der Waals surface area (Å²) in [5.41, 5.74) is -0.584. The molecule has 0 unspecified atom stereocenters. The number of benzene rings is 1. The second kappa shape index (κ2) is 3.71. The minimum absolute atomic E-state index is 0.0529. The number of hydrogen-bond acceptors (Lipinski definition) is 5. The molecule has 0 aliphatic rings. The summed E-state index contributed by atoms with van der Waals surface area (Å²) in [6, 6.07) is 8.72. The van der Waals surface area contributed by atoms with Gasteiger partial charge in [0.15, 0.2) is 0 Å². The zero-order valence-electron chi connectivity index (χ0n) is 9.53. The molecule has 2 heterocycles. The largest absolute Gasteiger partial charge is 0.492 e. The Bertz CT molecular complexity index is 922. The van der Waals surface area contributed by atoms with Gasteiger partial charge in [0.25, 0.3) is 0 Å². The molecule has 0 atom stereocenters. The topological polar surface area (TPSA) is 99.1 Å². The molecule has 3 rings (SSSR count). The van der Waals surface area contributed by atoms with Crippen molar-refractivity contribution in [2.45, 2.75) is 0 Å². The molecule has 0 fully saturated rings. The summed E-state index contributed by atoms with van der Waals surface area (Å²) in [5.74, 6) is -0.628. The Hall–Kier alpha value is -3.07. The highest BCUT2D eigenvalue weighted by atomic mass is 16.5. The van der Waals surface area contributed by atoms with E-state index in [4.69, 9.17) is 5.26 Å². The van der Waals surface area contributed by atoms with Crippen LogP contribution in [0, 0.1) is 11.3 Å². The highest BCUT2D eigenvalue weighted by Crippen LogP contribution is 2.29. The van der Waals surface area contributed by atoms with Crippen LogP contribution >= 0.6 is 0 Å². The average molecular weight is 253 g/mol. The van der Waals surface area contributed by atoms with Gasteiger partial charge in [0.1, 0.15) is 11.6 Å². The number of rotatable bonds is 0. The molecule has 0 saturated carbocycles. The van der Waals surface area contributed by atoms with Gasteiger partial charge in [-0.25, -0.2) is 0 Å². The Balaban J connectivity index is 2.75. The predicted molar refractivity (Wildman–Crippen MR) is 67.1 cm³/mol. The number of aromatic nitrogens is 2. The van der Waals surface area contributed by atoms with Crippen LogP contribution in [0.2, 0.25) is 0 Å². The second-order valence-electron chi connectivity index (χ2n) is 3.99. The summed E-state index contributed by atoms with van der Waals surface area (Å²) in [6.07, 6.45) is 1.32. The fourth-order valence-electron chi connectivity index (χ4n) is 2.11. The van der Waals surface area contributed by atoms with Gasteiger partial charge in [0, 0.05) is 17.0 Å². The molecule has 0 radical (unpaired) electrons. The maximum atomic E-state index is 11.8. The van der Waals surface area contributed by atoms with Crippen LogP contribution in [0.15, 0.2) is 35.3 Å². The maximum absolute atomic E-state index is 11.8. The number of aromatic hydroxyl groups is 1. The van der Waals surface area contributed by atoms with Crippen molar-refractivity contribution >= 4 is 21.7 Å². The van der Waals surface area contributed by atoms with Gasteiger partial charge < -0.3 is 10.3 Å². The molecule has 6 nitrogen and oxygen atoms in total. The van der Waals surface area contributed by atoms with Crippen LogP contribution in [0.1, 0.15) is 5.56 Å². The van der Waals surface area contributed by atoms with Gasteiger partial charge in [0.05, 0.1) is 10.9 Å². The molecule has 0 saturated heterocycles. The standard InChI is InChI=1S/C13H7N3O3/c14-5-8-11-7-3-1-2-4-10(7)15-6-9(11)13(18)16(19)12(8)17/h1-4,6,18-19H. The van der Waals surface area contributed by atoms with E-state index in [0.717, 1.165) is 0 Å². The van der Waals surface area contributed by atoms with Crippen molar-refractivity contribution in [3.63, 3.8) is 0 Å². The van der Waals surface area contributed by atoms with E-state index in [1.165, 1.54) is 6.20 Å². The van der Waals surface area contributed by atoms with Gasteiger partial charge in [-0.15, -0.1) is 4.73 Å². The lowest BCUT2D eigenvalue weighted by molar-refractivity contribution is 0.145. The smallest absolute Gasteiger partial charge is 0.304 e. The highest BCUT2D eigenvalue weighted by Gasteiger charge is 2.17. The van der Waals surface area contributed by atoms with Gasteiger partial charge in [0.2, 0.25) is 5.88 Å². The first-order valence-corrected chi connectivity index (χ1v) is 5.40. The minimum Gasteiger partial charge on any atom is -0.492 e. The predicted octanol–water partition coefficient (Wildman–Crippen LogP) is 1.36. The quantitative estimate of drug-likeness (QED) is 0.465. The lowest BCUT2D eigenvalue weighted by atomic mass is 10.0. The summed E-state index contributed by atoms with van der Waals surface area (Å²) >= 11 is 0. The van der Waals surface area contributed by atoms with Crippen LogP contribution in [0.4, 0.5) is 0 Å². The molecule has 19 heavy (non-hydrogen) atoms. The van der Waals surface area contributed by atoms with E-state index >= 15 is 0 Å². The lowest BCUT2D eigenvalue weighted by Gasteiger charge is -2.08.